The Hall–Kier alpha value is -3.31. The van der Waals surface area contributed by atoms with Crippen LogP contribution in [0.25, 0.3) is 10.9 Å². The predicted molar refractivity (Wildman–Crippen MR) is 143 cm³/mol. The van der Waals surface area contributed by atoms with Gasteiger partial charge in [0.1, 0.15) is 11.5 Å². The van der Waals surface area contributed by atoms with Crippen molar-refractivity contribution in [3.05, 3.63) is 64.8 Å². The minimum Gasteiger partial charge on any atom is -0.497 e. The number of carboxylic acids is 1. The van der Waals surface area contributed by atoms with Crippen LogP contribution in [0.1, 0.15) is 36.5 Å². The van der Waals surface area contributed by atoms with Crippen LogP contribution in [0.2, 0.25) is 5.02 Å². The summed E-state index contributed by atoms with van der Waals surface area (Å²) < 4.78 is 10.7. The van der Waals surface area contributed by atoms with Gasteiger partial charge >= 0.3 is 5.97 Å². The molecular formula is C29H31ClN2O5. The topological polar surface area (TPSA) is 92.1 Å². The molecule has 1 aromatic heterocycles. The summed E-state index contributed by atoms with van der Waals surface area (Å²) in [4.78, 5) is 18.6. The Kier molecular flexibility index (Phi) is 8.88. The van der Waals surface area contributed by atoms with Gasteiger partial charge < -0.3 is 19.7 Å². The molecule has 37 heavy (non-hydrogen) atoms. The molecule has 0 amide bonds. The van der Waals surface area contributed by atoms with E-state index >= 15 is 0 Å². The van der Waals surface area contributed by atoms with Gasteiger partial charge in [-0.3, -0.25) is 14.7 Å². The third-order valence-electron chi connectivity index (χ3n) is 7.00. The number of aliphatic carboxylic acids is 1. The first kappa shape index (κ1) is 26.7. The van der Waals surface area contributed by atoms with Gasteiger partial charge in [-0.2, -0.15) is 0 Å². The zero-order valence-corrected chi connectivity index (χ0v) is 21.7. The lowest BCUT2D eigenvalue weighted by molar-refractivity contribution is -0.146. The molecule has 7 nitrogen and oxygen atoms in total. The lowest BCUT2D eigenvalue weighted by atomic mass is 9.81. The van der Waals surface area contributed by atoms with E-state index in [-0.39, 0.29) is 5.92 Å². The van der Waals surface area contributed by atoms with Crippen molar-refractivity contribution < 1.29 is 24.5 Å². The number of aliphatic hydroxyl groups excluding tert-OH is 1. The molecule has 4 rings (SSSR count). The van der Waals surface area contributed by atoms with Gasteiger partial charge in [0.25, 0.3) is 0 Å². The number of carbonyl (C=O) groups is 1. The summed E-state index contributed by atoms with van der Waals surface area (Å²) >= 11 is 6.08. The molecule has 1 fully saturated rings. The Morgan fingerprint density at radius 3 is 2.81 bits per heavy atom. The molecule has 0 unspecified atom stereocenters. The van der Waals surface area contributed by atoms with Crippen molar-refractivity contribution in [3.8, 4) is 23.3 Å². The number of fused-ring (bicyclic) bond motifs is 1. The number of carboxylic acid groups (broad SMARTS) is 1. The number of methoxy groups -OCH3 is 2. The first-order chi connectivity index (χ1) is 17.9. The van der Waals surface area contributed by atoms with E-state index in [0.717, 1.165) is 29.4 Å². The van der Waals surface area contributed by atoms with Crippen LogP contribution in [-0.4, -0.2) is 59.9 Å². The average molecular weight is 523 g/mol. The fraction of sp³-hybridized carbons (Fsp3) is 0.379. The Morgan fingerprint density at radius 2 is 2.05 bits per heavy atom. The molecule has 1 saturated heterocycles. The third-order valence-corrected chi connectivity index (χ3v) is 7.23. The van der Waals surface area contributed by atoms with Crippen LogP contribution >= 0.6 is 11.6 Å². The standard InChI is InChI=1S/C29H31ClN2O5/c1-36-22-7-8-26-24(17-22)23(11-13-31-26)27(33)9-5-19-12-15-32(18-25(19)29(34)35)14-3-4-20-16-21(30)6-10-28(20)37-2/h6-8,10-11,13,16-17,19,25,27,33H,5,9,12,14-15,18H2,1-2H3,(H,34,35)/t19-,25+,27-/m1/s1. The van der Waals surface area contributed by atoms with Crippen molar-refractivity contribution in [1.29, 1.82) is 0 Å². The van der Waals surface area contributed by atoms with Crippen LogP contribution < -0.4 is 9.47 Å². The Bertz CT molecular complexity index is 1320. The highest BCUT2D eigenvalue weighted by molar-refractivity contribution is 6.30. The molecule has 194 valence electrons. The lowest BCUT2D eigenvalue weighted by Crippen LogP contribution is -2.44. The first-order valence-corrected chi connectivity index (χ1v) is 12.7. The Balaban J connectivity index is 1.39. The van der Waals surface area contributed by atoms with Gasteiger partial charge in [0.15, 0.2) is 0 Å². The quantitative estimate of drug-likeness (QED) is 0.411. The summed E-state index contributed by atoms with van der Waals surface area (Å²) in [6.07, 6.45) is 2.79. The summed E-state index contributed by atoms with van der Waals surface area (Å²) in [5.41, 5.74) is 2.26. The number of aliphatic hydroxyl groups is 1. The number of ether oxygens (including phenoxy) is 2. The highest BCUT2D eigenvalue weighted by Crippen LogP contribution is 2.33. The highest BCUT2D eigenvalue weighted by atomic mass is 35.5. The number of benzene rings is 2. The zero-order chi connectivity index (χ0) is 26.4. The second-order valence-corrected chi connectivity index (χ2v) is 9.69. The van der Waals surface area contributed by atoms with Crippen LogP contribution in [0, 0.1) is 23.7 Å². The van der Waals surface area contributed by atoms with Crippen molar-refractivity contribution >= 4 is 28.5 Å². The van der Waals surface area contributed by atoms with Gasteiger partial charge in [-0.05, 0) is 79.8 Å². The second-order valence-electron chi connectivity index (χ2n) is 9.25. The molecule has 1 aliphatic rings. The van der Waals surface area contributed by atoms with E-state index in [1.54, 1.807) is 38.6 Å². The smallest absolute Gasteiger partial charge is 0.308 e. The van der Waals surface area contributed by atoms with Gasteiger partial charge in [-0.15, -0.1) is 0 Å². The lowest BCUT2D eigenvalue weighted by Gasteiger charge is -2.36. The number of pyridine rings is 1. The average Bonchev–Trinajstić information content (AvgIpc) is 2.91. The molecule has 0 spiro atoms. The Morgan fingerprint density at radius 1 is 1.22 bits per heavy atom. The van der Waals surface area contributed by atoms with Crippen molar-refractivity contribution in [3.63, 3.8) is 0 Å². The number of hydrogen-bond donors (Lipinski definition) is 2. The Labute approximate surface area is 222 Å². The first-order valence-electron chi connectivity index (χ1n) is 12.3. The predicted octanol–water partition coefficient (Wildman–Crippen LogP) is 4.79. The number of hydrogen-bond acceptors (Lipinski definition) is 6. The third kappa shape index (κ3) is 6.53. The number of likely N-dealkylation sites (tertiary alicyclic amines) is 1. The fourth-order valence-electron chi connectivity index (χ4n) is 4.95. The highest BCUT2D eigenvalue weighted by Gasteiger charge is 2.34. The fourth-order valence-corrected chi connectivity index (χ4v) is 5.13. The molecule has 2 heterocycles. The molecule has 3 aromatic rings. The molecule has 0 saturated carbocycles. The summed E-state index contributed by atoms with van der Waals surface area (Å²) in [7, 11) is 3.19. The monoisotopic (exact) mass is 522 g/mol. The largest absolute Gasteiger partial charge is 0.497 e. The van der Waals surface area contributed by atoms with E-state index in [1.165, 1.54) is 0 Å². The number of halogens is 1. The van der Waals surface area contributed by atoms with Gasteiger partial charge in [-0.1, -0.05) is 23.4 Å². The maximum absolute atomic E-state index is 12.1. The number of nitrogens with zero attached hydrogens (tertiary/aromatic N) is 2. The number of aromatic nitrogens is 1. The maximum atomic E-state index is 12.1. The number of piperidine rings is 1. The van der Waals surface area contributed by atoms with E-state index in [9.17, 15) is 15.0 Å². The summed E-state index contributed by atoms with van der Waals surface area (Å²) in [5.74, 6) is 6.23. The minimum absolute atomic E-state index is 0.0213. The molecule has 1 aliphatic heterocycles. The van der Waals surface area contributed by atoms with E-state index in [1.807, 2.05) is 24.3 Å². The molecule has 8 heteroatoms. The van der Waals surface area contributed by atoms with E-state index in [2.05, 4.69) is 21.7 Å². The minimum atomic E-state index is -0.812. The molecule has 3 atom stereocenters. The molecule has 0 radical (unpaired) electrons. The zero-order valence-electron chi connectivity index (χ0n) is 21.0. The molecule has 0 bridgehead atoms. The molecule has 2 aromatic carbocycles. The van der Waals surface area contributed by atoms with Crippen molar-refractivity contribution in [2.75, 3.05) is 33.9 Å². The molecular weight excluding hydrogens is 492 g/mol. The molecule has 0 aliphatic carbocycles. The van der Waals surface area contributed by atoms with Gasteiger partial charge in [0.05, 0.1) is 43.9 Å². The summed E-state index contributed by atoms with van der Waals surface area (Å²) in [6, 6.07) is 12.7. The van der Waals surface area contributed by atoms with Gasteiger partial charge in [0, 0.05) is 23.2 Å². The SMILES string of the molecule is COc1ccc2nccc([C@H](O)CC[C@@H]3CCN(CC#Cc4cc(Cl)ccc4OC)C[C@@H]3C(=O)O)c2c1. The van der Waals surface area contributed by atoms with Crippen LogP contribution in [0.4, 0.5) is 0 Å². The van der Waals surface area contributed by atoms with Crippen LogP contribution in [-0.2, 0) is 4.79 Å². The van der Waals surface area contributed by atoms with Crippen molar-refractivity contribution in [1.82, 2.24) is 9.88 Å². The second kappa shape index (κ2) is 12.3. The van der Waals surface area contributed by atoms with E-state index in [0.29, 0.717) is 48.0 Å². The van der Waals surface area contributed by atoms with Crippen LogP contribution in [0.15, 0.2) is 48.7 Å². The normalized spacial score (nSPS) is 18.6. The maximum Gasteiger partial charge on any atom is 0.308 e. The van der Waals surface area contributed by atoms with Gasteiger partial charge in [-0.25, -0.2) is 0 Å². The van der Waals surface area contributed by atoms with Crippen molar-refractivity contribution in [2.24, 2.45) is 11.8 Å². The van der Waals surface area contributed by atoms with Crippen LogP contribution in [0.3, 0.4) is 0 Å². The van der Waals surface area contributed by atoms with Crippen molar-refractivity contribution in [2.45, 2.75) is 25.4 Å². The summed E-state index contributed by atoms with van der Waals surface area (Å²) in [5, 5.41) is 22.4. The van der Waals surface area contributed by atoms with E-state index in [4.69, 9.17) is 21.1 Å². The van der Waals surface area contributed by atoms with E-state index < -0.39 is 18.0 Å². The van der Waals surface area contributed by atoms with Gasteiger partial charge in [0.2, 0.25) is 0 Å². The summed E-state index contributed by atoms with van der Waals surface area (Å²) in [6.45, 7) is 1.63. The van der Waals surface area contributed by atoms with Crippen LogP contribution in [0.5, 0.6) is 11.5 Å². The molecule has 2 N–H and O–H groups in total. The number of rotatable bonds is 8.